The molecule has 31 heavy (non-hydrogen) atoms. The molecule has 3 rings (SSSR count). The SMILES string of the molecule is COc1ccc(C(CNC(=O)c2ccccc2NC(=O)c2ccccc2)N(C)C)cc1. The minimum Gasteiger partial charge on any atom is -0.497 e. The van der Waals surface area contributed by atoms with E-state index in [1.165, 1.54) is 0 Å². The zero-order valence-corrected chi connectivity index (χ0v) is 18.0. The second-order valence-electron chi connectivity index (χ2n) is 7.33. The zero-order chi connectivity index (χ0) is 22.2. The van der Waals surface area contributed by atoms with Crippen LogP contribution in [0.5, 0.6) is 5.75 Å². The molecule has 1 unspecified atom stereocenters. The van der Waals surface area contributed by atoms with Gasteiger partial charge in [0.15, 0.2) is 0 Å². The molecular formula is C25H27N3O3. The number of ether oxygens (including phenoxy) is 1. The molecule has 0 fully saturated rings. The van der Waals surface area contributed by atoms with Gasteiger partial charge in [0.2, 0.25) is 0 Å². The maximum Gasteiger partial charge on any atom is 0.255 e. The summed E-state index contributed by atoms with van der Waals surface area (Å²) in [5, 5.41) is 5.84. The monoisotopic (exact) mass is 417 g/mol. The Balaban J connectivity index is 1.71. The maximum absolute atomic E-state index is 12.9. The summed E-state index contributed by atoms with van der Waals surface area (Å²) < 4.78 is 5.22. The molecule has 3 aromatic carbocycles. The number of para-hydroxylation sites is 1. The summed E-state index contributed by atoms with van der Waals surface area (Å²) in [6, 6.07) is 23.7. The van der Waals surface area contributed by atoms with E-state index in [1.807, 2.05) is 49.3 Å². The molecular weight excluding hydrogens is 390 g/mol. The van der Waals surface area contributed by atoms with Gasteiger partial charge in [-0.1, -0.05) is 42.5 Å². The van der Waals surface area contributed by atoms with E-state index in [0.29, 0.717) is 23.4 Å². The average Bonchev–Trinajstić information content (AvgIpc) is 2.80. The largest absolute Gasteiger partial charge is 0.497 e. The highest BCUT2D eigenvalue weighted by Gasteiger charge is 2.18. The molecule has 1 atom stereocenters. The Morgan fingerprint density at radius 1 is 0.871 bits per heavy atom. The van der Waals surface area contributed by atoms with Crippen molar-refractivity contribution < 1.29 is 14.3 Å². The summed E-state index contributed by atoms with van der Waals surface area (Å²) in [5.74, 6) is 0.281. The highest BCUT2D eigenvalue weighted by atomic mass is 16.5. The lowest BCUT2D eigenvalue weighted by molar-refractivity contribution is 0.0942. The number of likely N-dealkylation sites (N-methyl/N-ethyl adjacent to an activating group) is 1. The van der Waals surface area contributed by atoms with E-state index in [-0.39, 0.29) is 17.9 Å². The molecule has 0 heterocycles. The average molecular weight is 418 g/mol. The smallest absolute Gasteiger partial charge is 0.255 e. The van der Waals surface area contributed by atoms with Gasteiger partial charge in [-0.3, -0.25) is 9.59 Å². The molecule has 0 aromatic heterocycles. The number of rotatable bonds is 8. The number of nitrogens with one attached hydrogen (secondary N) is 2. The van der Waals surface area contributed by atoms with Gasteiger partial charge in [0.25, 0.3) is 11.8 Å². The fraction of sp³-hybridized carbons (Fsp3) is 0.200. The molecule has 0 aliphatic rings. The van der Waals surface area contributed by atoms with Crippen LogP contribution in [-0.4, -0.2) is 44.5 Å². The van der Waals surface area contributed by atoms with Crippen LogP contribution in [0, 0.1) is 0 Å². The molecule has 3 aromatic rings. The van der Waals surface area contributed by atoms with Crippen molar-refractivity contribution in [2.75, 3.05) is 33.1 Å². The van der Waals surface area contributed by atoms with Gasteiger partial charge in [-0.25, -0.2) is 0 Å². The van der Waals surface area contributed by atoms with Crippen molar-refractivity contribution in [1.82, 2.24) is 10.2 Å². The Bertz CT molecular complexity index is 1020. The zero-order valence-electron chi connectivity index (χ0n) is 18.0. The molecule has 2 amide bonds. The third-order valence-electron chi connectivity index (χ3n) is 5.04. The lowest BCUT2D eigenvalue weighted by Gasteiger charge is -2.25. The molecule has 0 aliphatic heterocycles. The van der Waals surface area contributed by atoms with E-state index >= 15 is 0 Å². The molecule has 6 heteroatoms. The van der Waals surface area contributed by atoms with Gasteiger partial charge in [-0.05, 0) is 56.1 Å². The number of methoxy groups -OCH3 is 1. The van der Waals surface area contributed by atoms with Crippen molar-refractivity contribution >= 4 is 17.5 Å². The van der Waals surface area contributed by atoms with Crippen LogP contribution in [-0.2, 0) is 0 Å². The molecule has 160 valence electrons. The second kappa shape index (κ2) is 10.4. The molecule has 0 aliphatic carbocycles. The van der Waals surface area contributed by atoms with Crippen LogP contribution in [0.2, 0.25) is 0 Å². The minimum absolute atomic E-state index is 0.0130. The normalized spacial score (nSPS) is 11.6. The number of nitrogens with zero attached hydrogens (tertiary/aromatic N) is 1. The van der Waals surface area contributed by atoms with Gasteiger partial charge in [-0.15, -0.1) is 0 Å². The van der Waals surface area contributed by atoms with Crippen LogP contribution < -0.4 is 15.4 Å². The minimum atomic E-state index is -0.259. The predicted molar refractivity (Wildman–Crippen MR) is 123 cm³/mol. The molecule has 6 nitrogen and oxygen atoms in total. The van der Waals surface area contributed by atoms with Gasteiger partial charge < -0.3 is 20.3 Å². The fourth-order valence-corrected chi connectivity index (χ4v) is 3.28. The van der Waals surface area contributed by atoms with Crippen LogP contribution in [0.1, 0.15) is 32.3 Å². The van der Waals surface area contributed by atoms with Crippen molar-refractivity contribution in [3.63, 3.8) is 0 Å². The summed E-state index contributed by atoms with van der Waals surface area (Å²) >= 11 is 0. The van der Waals surface area contributed by atoms with Crippen molar-refractivity contribution in [2.45, 2.75) is 6.04 Å². The number of hydrogen-bond acceptors (Lipinski definition) is 4. The van der Waals surface area contributed by atoms with Crippen LogP contribution in [0.25, 0.3) is 0 Å². The predicted octanol–water partition coefficient (Wildman–Crippen LogP) is 3.98. The molecule has 0 saturated heterocycles. The summed E-state index contributed by atoms with van der Waals surface area (Å²) in [7, 11) is 5.57. The Hall–Kier alpha value is -3.64. The first-order chi connectivity index (χ1) is 15.0. The van der Waals surface area contributed by atoms with E-state index in [4.69, 9.17) is 4.74 Å². The fourth-order valence-electron chi connectivity index (χ4n) is 3.28. The van der Waals surface area contributed by atoms with E-state index in [2.05, 4.69) is 10.6 Å². The number of anilines is 1. The van der Waals surface area contributed by atoms with Crippen LogP contribution in [0.15, 0.2) is 78.9 Å². The van der Waals surface area contributed by atoms with Gasteiger partial charge in [0.05, 0.1) is 24.4 Å². The van der Waals surface area contributed by atoms with Crippen molar-refractivity contribution in [2.24, 2.45) is 0 Å². The highest BCUT2D eigenvalue weighted by Crippen LogP contribution is 2.22. The second-order valence-corrected chi connectivity index (χ2v) is 7.33. The standard InChI is InChI=1S/C25H27N3O3/c1-28(2)23(18-13-15-20(31-3)16-14-18)17-26-25(30)21-11-7-8-12-22(21)27-24(29)19-9-5-4-6-10-19/h4-16,23H,17H2,1-3H3,(H,26,30)(H,27,29). The van der Waals surface area contributed by atoms with E-state index in [0.717, 1.165) is 11.3 Å². The molecule has 2 N–H and O–H groups in total. The molecule has 0 spiro atoms. The summed E-state index contributed by atoms with van der Waals surface area (Å²) in [5.41, 5.74) is 2.49. The Morgan fingerprint density at radius 3 is 2.16 bits per heavy atom. The Kier molecular flexibility index (Phi) is 7.40. The topological polar surface area (TPSA) is 70.7 Å². The third-order valence-corrected chi connectivity index (χ3v) is 5.04. The quantitative estimate of drug-likeness (QED) is 0.582. The van der Waals surface area contributed by atoms with E-state index in [9.17, 15) is 9.59 Å². The van der Waals surface area contributed by atoms with Crippen molar-refractivity contribution in [3.05, 3.63) is 95.6 Å². The Labute approximate surface area is 182 Å². The Morgan fingerprint density at radius 2 is 1.52 bits per heavy atom. The summed E-state index contributed by atoms with van der Waals surface area (Å²) in [6.07, 6.45) is 0. The van der Waals surface area contributed by atoms with Gasteiger partial charge in [0.1, 0.15) is 5.75 Å². The number of amides is 2. The van der Waals surface area contributed by atoms with Gasteiger partial charge >= 0.3 is 0 Å². The number of carbonyl (C=O) groups is 2. The summed E-state index contributed by atoms with van der Waals surface area (Å²) in [6.45, 7) is 0.416. The van der Waals surface area contributed by atoms with E-state index in [1.54, 1.807) is 55.6 Å². The lowest BCUT2D eigenvalue weighted by atomic mass is 10.1. The van der Waals surface area contributed by atoms with Crippen LogP contribution in [0.3, 0.4) is 0 Å². The third kappa shape index (κ3) is 5.71. The van der Waals surface area contributed by atoms with Crippen molar-refractivity contribution in [3.8, 4) is 5.75 Å². The maximum atomic E-state index is 12.9. The molecule has 0 saturated carbocycles. The molecule has 0 bridgehead atoms. The first kappa shape index (κ1) is 22.1. The van der Waals surface area contributed by atoms with Crippen LogP contribution >= 0.6 is 0 Å². The molecule has 0 radical (unpaired) electrons. The first-order valence-corrected chi connectivity index (χ1v) is 10.0. The number of hydrogen-bond donors (Lipinski definition) is 2. The van der Waals surface area contributed by atoms with Crippen LogP contribution in [0.4, 0.5) is 5.69 Å². The van der Waals surface area contributed by atoms with Gasteiger partial charge in [0, 0.05) is 12.1 Å². The highest BCUT2D eigenvalue weighted by molar-refractivity contribution is 6.08. The van der Waals surface area contributed by atoms with Gasteiger partial charge in [-0.2, -0.15) is 0 Å². The van der Waals surface area contributed by atoms with Crippen molar-refractivity contribution in [1.29, 1.82) is 0 Å². The lowest BCUT2D eigenvalue weighted by Crippen LogP contribution is -2.35. The number of carbonyl (C=O) groups excluding carboxylic acids is 2. The first-order valence-electron chi connectivity index (χ1n) is 10.0. The number of benzene rings is 3. The summed E-state index contributed by atoms with van der Waals surface area (Å²) in [4.78, 5) is 27.5. The van der Waals surface area contributed by atoms with E-state index < -0.39 is 0 Å².